The number of nitrogens with zero attached hydrogens (tertiary/aromatic N) is 2. The topological polar surface area (TPSA) is 61.6 Å². The number of primary amides is 1. The van der Waals surface area contributed by atoms with Crippen LogP contribution in [0.1, 0.15) is 6.92 Å². The maximum atomic E-state index is 11.3. The molecular formula is C10H22N4O. The number of piperazine rings is 1. The Bertz CT molecular complexity index is 225. The van der Waals surface area contributed by atoms with Crippen molar-refractivity contribution < 1.29 is 4.79 Å². The summed E-state index contributed by atoms with van der Waals surface area (Å²) in [6, 6.07) is 0. The summed E-state index contributed by atoms with van der Waals surface area (Å²) in [5.74, 6) is -0.288. The molecule has 0 bridgehead atoms. The first-order valence-electron chi connectivity index (χ1n) is 5.37. The van der Waals surface area contributed by atoms with E-state index < -0.39 is 5.54 Å². The number of likely N-dealkylation sites (N-methyl/N-ethyl adjacent to an activating group) is 2. The average molecular weight is 214 g/mol. The second-order valence-corrected chi connectivity index (χ2v) is 4.53. The lowest BCUT2D eigenvalue weighted by atomic mass is 10.0. The van der Waals surface area contributed by atoms with Gasteiger partial charge in [-0.1, -0.05) is 0 Å². The van der Waals surface area contributed by atoms with Crippen LogP contribution < -0.4 is 11.1 Å². The molecule has 5 heteroatoms. The summed E-state index contributed by atoms with van der Waals surface area (Å²) in [4.78, 5) is 15.9. The lowest BCUT2D eigenvalue weighted by Gasteiger charge is -2.37. The fourth-order valence-corrected chi connectivity index (χ4v) is 1.73. The van der Waals surface area contributed by atoms with Gasteiger partial charge in [-0.25, -0.2) is 0 Å². The van der Waals surface area contributed by atoms with Crippen molar-refractivity contribution >= 4 is 5.91 Å². The van der Waals surface area contributed by atoms with Crippen LogP contribution in [0.2, 0.25) is 0 Å². The number of hydrogen-bond acceptors (Lipinski definition) is 4. The first-order chi connectivity index (χ1) is 6.98. The summed E-state index contributed by atoms with van der Waals surface area (Å²) < 4.78 is 0. The molecule has 3 N–H and O–H groups in total. The minimum Gasteiger partial charge on any atom is -0.368 e. The molecule has 0 aromatic carbocycles. The highest BCUT2D eigenvalue weighted by molar-refractivity contribution is 5.84. The first-order valence-corrected chi connectivity index (χ1v) is 5.37. The van der Waals surface area contributed by atoms with Gasteiger partial charge >= 0.3 is 0 Å². The third-order valence-electron chi connectivity index (χ3n) is 3.23. The molecule has 0 aromatic heterocycles. The van der Waals surface area contributed by atoms with Crippen molar-refractivity contribution in [3.05, 3.63) is 0 Å². The number of carbonyl (C=O) groups excluding carboxylic acids is 1. The van der Waals surface area contributed by atoms with E-state index in [0.29, 0.717) is 6.54 Å². The standard InChI is InChI=1S/C10H22N4O/c1-10(12-2,9(11)15)8-14-6-4-13(3)5-7-14/h12H,4-8H2,1-3H3,(H2,11,15). The number of nitrogens with two attached hydrogens (primary N) is 1. The summed E-state index contributed by atoms with van der Waals surface area (Å²) in [5, 5.41) is 3.01. The Hall–Kier alpha value is -0.650. The Morgan fingerprint density at radius 1 is 1.40 bits per heavy atom. The smallest absolute Gasteiger partial charge is 0.238 e. The van der Waals surface area contributed by atoms with Gasteiger partial charge in [0.25, 0.3) is 0 Å². The van der Waals surface area contributed by atoms with E-state index in [0.717, 1.165) is 26.2 Å². The quantitative estimate of drug-likeness (QED) is 0.610. The molecule has 1 amide bonds. The Labute approximate surface area is 91.6 Å². The van der Waals surface area contributed by atoms with E-state index in [1.54, 1.807) is 7.05 Å². The molecule has 1 unspecified atom stereocenters. The third kappa shape index (κ3) is 3.15. The van der Waals surface area contributed by atoms with Crippen molar-refractivity contribution in [3.8, 4) is 0 Å². The molecule has 1 atom stereocenters. The van der Waals surface area contributed by atoms with Crippen LogP contribution in [0.5, 0.6) is 0 Å². The van der Waals surface area contributed by atoms with E-state index in [-0.39, 0.29) is 5.91 Å². The number of hydrogen-bond donors (Lipinski definition) is 2. The van der Waals surface area contributed by atoms with Gasteiger partial charge in [0, 0.05) is 32.7 Å². The van der Waals surface area contributed by atoms with E-state index in [2.05, 4.69) is 22.2 Å². The van der Waals surface area contributed by atoms with Crippen LogP contribution in [0, 0.1) is 0 Å². The summed E-state index contributed by atoms with van der Waals surface area (Å²) >= 11 is 0. The van der Waals surface area contributed by atoms with Crippen LogP contribution in [0.4, 0.5) is 0 Å². The molecule has 0 spiro atoms. The molecule has 88 valence electrons. The van der Waals surface area contributed by atoms with Crippen molar-refractivity contribution in [2.24, 2.45) is 5.73 Å². The second kappa shape index (κ2) is 4.92. The van der Waals surface area contributed by atoms with Gasteiger partial charge in [0.05, 0.1) is 0 Å². The summed E-state index contributed by atoms with van der Waals surface area (Å²) in [6.45, 7) is 6.65. The van der Waals surface area contributed by atoms with Gasteiger partial charge in [0.1, 0.15) is 5.54 Å². The highest BCUT2D eigenvalue weighted by Gasteiger charge is 2.32. The molecule has 1 rings (SSSR count). The minimum atomic E-state index is -0.615. The normalized spacial score (nSPS) is 23.7. The number of rotatable bonds is 4. The maximum absolute atomic E-state index is 11.3. The van der Waals surface area contributed by atoms with Gasteiger partial charge < -0.3 is 16.0 Å². The number of carbonyl (C=O) groups is 1. The van der Waals surface area contributed by atoms with Crippen LogP contribution >= 0.6 is 0 Å². The lowest BCUT2D eigenvalue weighted by molar-refractivity contribution is -0.124. The molecule has 15 heavy (non-hydrogen) atoms. The van der Waals surface area contributed by atoms with E-state index in [1.165, 1.54) is 0 Å². The summed E-state index contributed by atoms with van der Waals surface area (Å²) in [7, 11) is 3.89. The van der Waals surface area contributed by atoms with Crippen LogP contribution in [-0.4, -0.2) is 68.1 Å². The van der Waals surface area contributed by atoms with E-state index in [1.807, 2.05) is 6.92 Å². The Morgan fingerprint density at radius 2 is 1.93 bits per heavy atom. The largest absolute Gasteiger partial charge is 0.368 e. The molecule has 0 aromatic rings. The fourth-order valence-electron chi connectivity index (χ4n) is 1.73. The zero-order chi connectivity index (χ0) is 11.5. The second-order valence-electron chi connectivity index (χ2n) is 4.53. The highest BCUT2D eigenvalue weighted by Crippen LogP contribution is 2.08. The summed E-state index contributed by atoms with van der Waals surface area (Å²) in [5.41, 5.74) is 4.77. The van der Waals surface area contributed by atoms with Crippen LogP contribution in [0.25, 0.3) is 0 Å². The van der Waals surface area contributed by atoms with Crippen LogP contribution in [-0.2, 0) is 4.79 Å². The van der Waals surface area contributed by atoms with Crippen molar-refractivity contribution in [1.82, 2.24) is 15.1 Å². The van der Waals surface area contributed by atoms with Gasteiger partial charge in [-0.3, -0.25) is 9.69 Å². The van der Waals surface area contributed by atoms with Crippen molar-refractivity contribution in [3.63, 3.8) is 0 Å². The zero-order valence-corrected chi connectivity index (χ0v) is 9.92. The average Bonchev–Trinajstić information content (AvgIpc) is 2.21. The monoisotopic (exact) mass is 214 g/mol. The van der Waals surface area contributed by atoms with Gasteiger partial charge in [-0.15, -0.1) is 0 Å². The molecule has 0 aliphatic carbocycles. The van der Waals surface area contributed by atoms with E-state index in [4.69, 9.17) is 5.73 Å². The van der Waals surface area contributed by atoms with Crippen LogP contribution in [0.15, 0.2) is 0 Å². The van der Waals surface area contributed by atoms with Crippen molar-refractivity contribution in [2.75, 3.05) is 46.8 Å². The predicted molar refractivity (Wildman–Crippen MR) is 60.6 cm³/mol. The minimum absolute atomic E-state index is 0.288. The van der Waals surface area contributed by atoms with Gasteiger partial charge in [-0.2, -0.15) is 0 Å². The molecule has 0 radical (unpaired) electrons. The predicted octanol–water partition coefficient (Wildman–Crippen LogP) is -1.30. The molecule has 1 saturated heterocycles. The zero-order valence-electron chi connectivity index (χ0n) is 9.92. The fraction of sp³-hybridized carbons (Fsp3) is 0.900. The number of nitrogens with one attached hydrogen (secondary N) is 1. The Morgan fingerprint density at radius 3 is 2.33 bits per heavy atom. The molecule has 1 fully saturated rings. The number of amides is 1. The molecule has 0 saturated carbocycles. The van der Waals surface area contributed by atoms with E-state index >= 15 is 0 Å². The molecular weight excluding hydrogens is 192 g/mol. The maximum Gasteiger partial charge on any atom is 0.238 e. The molecule has 1 aliphatic heterocycles. The van der Waals surface area contributed by atoms with E-state index in [9.17, 15) is 4.79 Å². The van der Waals surface area contributed by atoms with Crippen molar-refractivity contribution in [2.45, 2.75) is 12.5 Å². The van der Waals surface area contributed by atoms with Gasteiger partial charge in [0.15, 0.2) is 0 Å². The SMILES string of the molecule is CNC(C)(CN1CCN(C)CC1)C(N)=O. The molecule has 1 aliphatic rings. The Balaban J connectivity index is 2.49. The van der Waals surface area contributed by atoms with Gasteiger partial charge in [0.2, 0.25) is 5.91 Å². The first kappa shape index (κ1) is 12.4. The third-order valence-corrected chi connectivity index (χ3v) is 3.23. The molecule has 5 nitrogen and oxygen atoms in total. The highest BCUT2D eigenvalue weighted by atomic mass is 16.1. The summed E-state index contributed by atoms with van der Waals surface area (Å²) in [6.07, 6.45) is 0. The lowest BCUT2D eigenvalue weighted by Crippen LogP contribution is -2.60. The molecule has 1 heterocycles. The van der Waals surface area contributed by atoms with Crippen molar-refractivity contribution in [1.29, 1.82) is 0 Å². The Kier molecular flexibility index (Phi) is 4.07. The van der Waals surface area contributed by atoms with Crippen LogP contribution in [0.3, 0.4) is 0 Å². The van der Waals surface area contributed by atoms with Gasteiger partial charge in [-0.05, 0) is 21.0 Å².